The molecule has 0 radical (unpaired) electrons. The van der Waals surface area contributed by atoms with Gasteiger partial charge in [-0.15, -0.1) is 0 Å². The van der Waals surface area contributed by atoms with Crippen LogP contribution in [0.4, 0.5) is 4.39 Å². The van der Waals surface area contributed by atoms with Crippen molar-refractivity contribution in [2.45, 2.75) is 38.1 Å². The van der Waals surface area contributed by atoms with Crippen molar-refractivity contribution in [3.63, 3.8) is 0 Å². The number of aromatic nitrogens is 1. The monoisotopic (exact) mass is 236 g/mol. The molecule has 2 rings (SSSR count). The second-order valence-corrected chi connectivity index (χ2v) is 5.04. The molecule has 0 saturated heterocycles. The van der Waals surface area contributed by atoms with Gasteiger partial charge in [0.1, 0.15) is 0 Å². The summed E-state index contributed by atoms with van der Waals surface area (Å²) in [5.41, 5.74) is 5.32. The van der Waals surface area contributed by atoms with Gasteiger partial charge < -0.3 is 5.73 Å². The quantitative estimate of drug-likeness (QED) is 0.802. The minimum absolute atomic E-state index is 0.0663. The van der Waals surface area contributed by atoms with E-state index in [9.17, 15) is 9.18 Å². The molecular weight excluding hydrogens is 219 g/mol. The summed E-state index contributed by atoms with van der Waals surface area (Å²) in [5, 5.41) is 0. The molecular formula is C13H17FN2O. The van der Waals surface area contributed by atoms with E-state index in [-0.39, 0.29) is 11.3 Å². The molecule has 1 aromatic heterocycles. The Bertz CT molecular complexity index is 435. The number of rotatable bonds is 2. The van der Waals surface area contributed by atoms with Crippen LogP contribution in [0.2, 0.25) is 0 Å². The third-order valence-electron chi connectivity index (χ3n) is 3.50. The number of hydrogen-bond acceptors (Lipinski definition) is 3. The summed E-state index contributed by atoms with van der Waals surface area (Å²) < 4.78 is 13.5. The summed E-state index contributed by atoms with van der Waals surface area (Å²) in [6.45, 7) is 2.08. The number of hydrogen-bond donors (Lipinski definition) is 1. The molecule has 1 heterocycles. The summed E-state index contributed by atoms with van der Waals surface area (Å²) in [5.74, 6) is -0.452. The van der Waals surface area contributed by atoms with E-state index in [1.165, 1.54) is 12.3 Å². The predicted octanol–water partition coefficient (Wildman–Crippen LogP) is 2.31. The van der Waals surface area contributed by atoms with Crippen molar-refractivity contribution in [2.24, 2.45) is 11.7 Å². The summed E-state index contributed by atoms with van der Waals surface area (Å²) in [6, 6.07) is 1.41. The lowest BCUT2D eigenvalue weighted by molar-refractivity contribution is 0.0815. The van der Waals surface area contributed by atoms with Gasteiger partial charge in [0.2, 0.25) is 0 Å². The van der Waals surface area contributed by atoms with Crippen LogP contribution in [-0.2, 0) is 0 Å². The molecule has 17 heavy (non-hydrogen) atoms. The Morgan fingerprint density at radius 2 is 2.41 bits per heavy atom. The van der Waals surface area contributed by atoms with E-state index in [2.05, 4.69) is 11.9 Å². The number of pyridine rings is 1. The summed E-state index contributed by atoms with van der Waals surface area (Å²) in [7, 11) is 0. The maximum Gasteiger partial charge on any atom is 0.185 e. The predicted molar refractivity (Wildman–Crippen MR) is 63.1 cm³/mol. The number of ketones is 1. The molecule has 1 aromatic rings. The Balaban J connectivity index is 2.28. The first-order valence-electron chi connectivity index (χ1n) is 5.96. The van der Waals surface area contributed by atoms with Crippen LogP contribution in [0.5, 0.6) is 0 Å². The highest BCUT2D eigenvalue weighted by atomic mass is 19.1. The van der Waals surface area contributed by atoms with E-state index < -0.39 is 11.4 Å². The third-order valence-corrected chi connectivity index (χ3v) is 3.50. The van der Waals surface area contributed by atoms with Crippen LogP contribution in [-0.4, -0.2) is 16.3 Å². The minimum atomic E-state index is -0.903. The van der Waals surface area contributed by atoms with Gasteiger partial charge in [0.15, 0.2) is 11.6 Å². The highest BCUT2D eigenvalue weighted by Gasteiger charge is 2.39. The number of nitrogens with zero attached hydrogens (tertiary/aromatic N) is 1. The highest BCUT2D eigenvalue weighted by Crippen LogP contribution is 2.33. The Labute approximate surface area is 100 Å². The zero-order valence-corrected chi connectivity index (χ0v) is 9.95. The zero-order valence-electron chi connectivity index (χ0n) is 9.95. The van der Waals surface area contributed by atoms with Crippen LogP contribution in [0.15, 0.2) is 18.5 Å². The van der Waals surface area contributed by atoms with Crippen molar-refractivity contribution in [2.75, 3.05) is 0 Å². The van der Waals surface area contributed by atoms with Gasteiger partial charge in [-0.2, -0.15) is 0 Å². The molecule has 0 bridgehead atoms. The second kappa shape index (κ2) is 4.53. The maximum absolute atomic E-state index is 13.5. The Hall–Kier alpha value is -1.29. The normalized spacial score (nSPS) is 29.0. The topological polar surface area (TPSA) is 56.0 Å². The fourth-order valence-electron chi connectivity index (χ4n) is 2.63. The Kier molecular flexibility index (Phi) is 3.24. The molecule has 0 aliphatic heterocycles. The van der Waals surface area contributed by atoms with Crippen LogP contribution in [0.3, 0.4) is 0 Å². The van der Waals surface area contributed by atoms with Crippen molar-refractivity contribution >= 4 is 5.78 Å². The highest BCUT2D eigenvalue weighted by molar-refractivity contribution is 6.03. The molecule has 92 valence electrons. The van der Waals surface area contributed by atoms with Crippen LogP contribution >= 0.6 is 0 Å². The standard InChI is InChI=1S/C13H17FN2O/c1-9-3-2-5-13(15,7-9)12(17)10-4-6-16-8-11(10)14/h4,6,8-9H,2-3,5,7,15H2,1H3. The van der Waals surface area contributed by atoms with Crippen molar-refractivity contribution in [1.82, 2.24) is 4.98 Å². The van der Waals surface area contributed by atoms with Gasteiger partial charge in [-0.1, -0.05) is 19.8 Å². The lowest BCUT2D eigenvalue weighted by Crippen LogP contribution is -2.51. The molecule has 2 atom stereocenters. The van der Waals surface area contributed by atoms with Gasteiger partial charge in [-0.3, -0.25) is 9.78 Å². The molecule has 0 spiro atoms. The molecule has 1 fully saturated rings. The van der Waals surface area contributed by atoms with E-state index in [1.807, 2.05) is 0 Å². The molecule has 1 aliphatic rings. The number of nitrogens with two attached hydrogens (primary N) is 1. The molecule has 0 aromatic carbocycles. The molecule has 1 saturated carbocycles. The SMILES string of the molecule is CC1CCCC(N)(C(=O)c2ccncc2F)C1. The molecule has 0 amide bonds. The van der Waals surface area contributed by atoms with Crippen LogP contribution in [0, 0.1) is 11.7 Å². The zero-order chi connectivity index (χ0) is 12.5. The average molecular weight is 236 g/mol. The first-order valence-corrected chi connectivity index (χ1v) is 5.96. The van der Waals surface area contributed by atoms with Crippen molar-refractivity contribution in [3.8, 4) is 0 Å². The molecule has 1 aliphatic carbocycles. The Morgan fingerprint density at radius 1 is 1.65 bits per heavy atom. The molecule has 3 nitrogen and oxygen atoms in total. The molecule has 2 unspecified atom stereocenters. The molecule has 2 N–H and O–H groups in total. The lowest BCUT2D eigenvalue weighted by Gasteiger charge is -2.35. The second-order valence-electron chi connectivity index (χ2n) is 5.04. The van der Waals surface area contributed by atoms with E-state index >= 15 is 0 Å². The van der Waals surface area contributed by atoms with Gasteiger partial charge in [-0.05, 0) is 24.8 Å². The molecule has 4 heteroatoms. The van der Waals surface area contributed by atoms with Crippen molar-refractivity contribution in [1.29, 1.82) is 0 Å². The number of carbonyl (C=O) groups excluding carboxylic acids is 1. The maximum atomic E-state index is 13.5. The number of carbonyl (C=O) groups is 1. The lowest BCUT2D eigenvalue weighted by atomic mass is 9.73. The third kappa shape index (κ3) is 2.36. The van der Waals surface area contributed by atoms with E-state index in [4.69, 9.17) is 5.73 Å². The summed E-state index contributed by atoms with van der Waals surface area (Å²) in [4.78, 5) is 15.9. The van der Waals surface area contributed by atoms with E-state index in [0.29, 0.717) is 18.8 Å². The summed E-state index contributed by atoms with van der Waals surface area (Å²) in [6.07, 6.45) is 5.77. The fraction of sp³-hybridized carbons (Fsp3) is 0.538. The van der Waals surface area contributed by atoms with E-state index in [1.54, 1.807) is 0 Å². The van der Waals surface area contributed by atoms with Gasteiger partial charge in [-0.25, -0.2) is 4.39 Å². The van der Waals surface area contributed by atoms with Crippen molar-refractivity contribution in [3.05, 3.63) is 29.8 Å². The van der Waals surface area contributed by atoms with Crippen LogP contribution in [0.25, 0.3) is 0 Å². The first kappa shape index (κ1) is 12.2. The largest absolute Gasteiger partial charge is 0.319 e. The minimum Gasteiger partial charge on any atom is -0.319 e. The van der Waals surface area contributed by atoms with Crippen LogP contribution in [0.1, 0.15) is 43.0 Å². The smallest absolute Gasteiger partial charge is 0.185 e. The van der Waals surface area contributed by atoms with Crippen molar-refractivity contribution < 1.29 is 9.18 Å². The van der Waals surface area contributed by atoms with Crippen LogP contribution < -0.4 is 5.73 Å². The number of Topliss-reactive ketones (excluding diaryl/α,β-unsaturated/α-hetero) is 1. The van der Waals surface area contributed by atoms with Gasteiger partial charge in [0, 0.05) is 6.20 Å². The Morgan fingerprint density at radius 3 is 3.06 bits per heavy atom. The van der Waals surface area contributed by atoms with Gasteiger partial charge in [0.05, 0.1) is 17.3 Å². The van der Waals surface area contributed by atoms with Gasteiger partial charge >= 0.3 is 0 Å². The average Bonchev–Trinajstić information content (AvgIpc) is 2.28. The summed E-state index contributed by atoms with van der Waals surface area (Å²) >= 11 is 0. The first-order chi connectivity index (χ1) is 8.03. The van der Waals surface area contributed by atoms with E-state index in [0.717, 1.165) is 19.0 Å². The number of halogens is 1. The van der Waals surface area contributed by atoms with Gasteiger partial charge in [0.25, 0.3) is 0 Å². The fourth-order valence-corrected chi connectivity index (χ4v) is 2.63.